The van der Waals surface area contributed by atoms with Gasteiger partial charge in [-0.25, -0.2) is 0 Å². The lowest BCUT2D eigenvalue weighted by atomic mass is 10.1. The minimum Gasteiger partial charge on any atom is -0.460 e. The zero-order chi connectivity index (χ0) is 14.5. The number of anilines is 1. The van der Waals surface area contributed by atoms with E-state index in [2.05, 4.69) is 15.9 Å². The van der Waals surface area contributed by atoms with Gasteiger partial charge in [0.05, 0.1) is 6.42 Å². The normalized spacial score (nSPS) is 10.3. The van der Waals surface area contributed by atoms with Crippen LogP contribution in [-0.4, -0.2) is 5.97 Å². The molecule has 0 spiro atoms. The van der Waals surface area contributed by atoms with Crippen molar-refractivity contribution in [1.82, 2.24) is 0 Å². The number of carbonyl (C=O) groups excluding carboxylic acids is 1. The third-order valence-electron chi connectivity index (χ3n) is 2.79. The molecule has 0 saturated carbocycles. The molecule has 2 N–H and O–H groups in total. The van der Waals surface area contributed by atoms with E-state index in [9.17, 15) is 4.79 Å². The molecule has 0 bridgehead atoms. The summed E-state index contributed by atoms with van der Waals surface area (Å²) < 4.78 is 6.10. The summed E-state index contributed by atoms with van der Waals surface area (Å²) in [6.07, 6.45) is 0.154. The number of nitrogen functional groups attached to an aromatic ring is 1. The number of esters is 1. The number of nitrogens with two attached hydrogens (primary N) is 1. The van der Waals surface area contributed by atoms with Crippen molar-refractivity contribution in [1.29, 1.82) is 0 Å². The fourth-order valence-corrected chi connectivity index (χ4v) is 2.43. The molecule has 5 heteroatoms. The summed E-state index contributed by atoms with van der Waals surface area (Å²) in [6, 6.07) is 12.7. The highest BCUT2D eigenvalue weighted by Crippen LogP contribution is 2.22. The van der Waals surface area contributed by atoms with Crippen LogP contribution >= 0.6 is 27.5 Å². The van der Waals surface area contributed by atoms with Crippen LogP contribution in [0.2, 0.25) is 5.02 Å². The first-order valence-corrected chi connectivity index (χ1v) is 7.16. The van der Waals surface area contributed by atoms with Crippen LogP contribution in [0.1, 0.15) is 11.1 Å². The van der Waals surface area contributed by atoms with Gasteiger partial charge in [-0.2, -0.15) is 0 Å². The first-order chi connectivity index (χ1) is 9.56. The van der Waals surface area contributed by atoms with Crippen LogP contribution in [0.15, 0.2) is 46.9 Å². The highest BCUT2D eigenvalue weighted by Gasteiger charge is 2.09. The number of halogens is 2. The van der Waals surface area contributed by atoms with Crippen LogP contribution in [0.25, 0.3) is 0 Å². The quantitative estimate of drug-likeness (QED) is 0.667. The average Bonchev–Trinajstić information content (AvgIpc) is 2.40. The molecule has 20 heavy (non-hydrogen) atoms. The molecule has 0 amide bonds. The molecule has 2 aromatic carbocycles. The van der Waals surface area contributed by atoms with E-state index in [0.717, 1.165) is 15.6 Å². The van der Waals surface area contributed by atoms with E-state index >= 15 is 0 Å². The maximum Gasteiger partial charge on any atom is 0.310 e. The Morgan fingerprint density at radius 2 is 1.95 bits per heavy atom. The summed E-state index contributed by atoms with van der Waals surface area (Å²) in [5, 5.41) is 0.561. The Labute approximate surface area is 130 Å². The molecule has 104 valence electrons. The Hall–Kier alpha value is -1.52. The van der Waals surface area contributed by atoms with Gasteiger partial charge in [-0.15, -0.1) is 0 Å². The molecule has 0 fully saturated rings. The van der Waals surface area contributed by atoms with Gasteiger partial charge in [0, 0.05) is 20.7 Å². The molecular weight excluding hydrogens is 342 g/mol. The van der Waals surface area contributed by atoms with E-state index in [-0.39, 0.29) is 19.0 Å². The third kappa shape index (κ3) is 3.99. The monoisotopic (exact) mass is 353 g/mol. The molecule has 0 aromatic heterocycles. The number of ether oxygens (including phenoxy) is 1. The number of hydrogen-bond donors (Lipinski definition) is 1. The van der Waals surface area contributed by atoms with Crippen molar-refractivity contribution in [2.24, 2.45) is 0 Å². The second kappa shape index (κ2) is 6.77. The van der Waals surface area contributed by atoms with Crippen LogP contribution in [0.3, 0.4) is 0 Å². The lowest BCUT2D eigenvalue weighted by Gasteiger charge is -2.08. The van der Waals surface area contributed by atoms with E-state index in [1.807, 2.05) is 30.3 Å². The van der Waals surface area contributed by atoms with Crippen molar-refractivity contribution in [2.45, 2.75) is 13.0 Å². The summed E-state index contributed by atoms with van der Waals surface area (Å²) in [7, 11) is 0. The number of rotatable bonds is 4. The molecule has 0 atom stereocenters. The SMILES string of the molecule is Nc1ccccc1CC(=O)OCc1ccc(Br)cc1Cl. The highest BCUT2D eigenvalue weighted by molar-refractivity contribution is 9.10. The van der Waals surface area contributed by atoms with Gasteiger partial charge in [0.1, 0.15) is 6.61 Å². The second-order valence-corrected chi connectivity index (χ2v) is 5.59. The molecule has 0 radical (unpaired) electrons. The lowest BCUT2D eigenvalue weighted by Crippen LogP contribution is -2.09. The number of para-hydroxylation sites is 1. The third-order valence-corrected chi connectivity index (χ3v) is 3.64. The van der Waals surface area contributed by atoms with Crippen LogP contribution in [0.5, 0.6) is 0 Å². The molecule has 0 saturated heterocycles. The lowest BCUT2D eigenvalue weighted by molar-refractivity contribution is -0.144. The first kappa shape index (κ1) is 14.9. The minimum absolute atomic E-state index is 0.150. The van der Waals surface area contributed by atoms with E-state index < -0.39 is 0 Å². The maximum atomic E-state index is 11.8. The molecular formula is C15H13BrClNO2. The van der Waals surface area contributed by atoms with Crippen LogP contribution in [-0.2, 0) is 22.6 Å². The van der Waals surface area contributed by atoms with Crippen LogP contribution < -0.4 is 5.73 Å². The van der Waals surface area contributed by atoms with E-state index in [1.54, 1.807) is 12.1 Å². The smallest absolute Gasteiger partial charge is 0.310 e. The first-order valence-electron chi connectivity index (χ1n) is 5.99. The summed E-state index contributed by atoms with van der Waals surface area (Å²) >= 11 is 9.38. The van der Waals surface area contributed by atoms with E-state index in [1.165, 1.54) is 0 Å². The minimum atomic E-state index is -0.332. The topological polar surface area (TPSA) is 52.3 Å². The van der Waals surface area contributed by atoms with E-state index in [4.69, 9.17) is 22.1 Å². The molecule has 0 aliphatic carbocycles. The van der Waals surface area contributed by atoms with Crippen molar-refractivity contribution < 1.29 is 9.53 Å². The molecule has 2 rings (SSSR count). The van der Waals surface area contributed by atoms with Crippen LogP contribution in [0, 0.1) is 0 Å². The van der Waals surface area contributed by atoms with Crippen molar-refractivity contribution in [3.05, 3.63) is 63.1 Å². The van der Waals surface area contributed by atoms with Gasteiger partial charge in [0.15, 0.2) is 0 Å². The van der Waals surface area contributed by atoms with Crippen molar-refractivity contribution in [3.8, 4) is 0 Å². The molecule has 0 heterocycles. The van der Waals surface area contributed by atoms with Gasteiger partial charge in [0.2, 0.25) is 0 Å². The Morgan fingerprint density at radius 1 is 1.20 bits per heavy atom. The van der Waals surface area contributed by atoms with E-state index in [0.29, 0.717) is 10.7 Å². The Bertz CT molecular complexity index is 631. The highest BCUT2D eigenvalue weighted by atomic mass is 79.9. The maximum absolute atomic E-state index is 11.8. The second-order valence-electron chi connectivity index (χ2n) is 4.27. The van der Waals surface area contributed by atoms with Crippen molar-refractivity contribution in [3.63, 3.8) is 0 Å². The summed E-state index contributed by atoms with van der Waals surface area (Å²) in [4.78, 5) is 11.8. The zero-order valence-electron chi connectivity index (χ0n) is 10.6. The average molecular weight is 355 g/mol. The zero-order valence-corrected chi connectivity index (χ0v) is 12.9. The standard InChI is InChI=1S/C15H13BrClNO2/c16-12-6-5-11(13(17)8-12)9-20-15(19)7-10-3-1-2-4-14(10)18/h1-6,8H,7,9,18H2. The predicted octanol–water partition coefficient (Wildman–Crippen LogP) is 3.97. The van der Waals surface area contributed by atoms with Gasteiger partial charge >= 0.3 is 5.97 Å². The number of hydrogen-bond acceptors (Lipinski definition) is 3. The molecule has 0 unspecified atom stereocenters. The van der Waals surface area contributed by atoms with Crippen molar-refractivity contribution >= 4 is 39.2 Å². The summed E-state index contributed by atoms with van der Waals surface area (Å²) in [6.45, 7) is 0.150. The summed E-state index contributed by atoms with van der Waals surface area (Å²) in [5.41, 5.74) is 7.90. The molecule has 0 aliphatic heterocycles. The predicted molar refractivity (Wildman–Crippen MR) is 83.5 cm³/mol. The van der Waals surface area contributed by atoms with Gasteiger partial charge in [0.25, 0.3) is 0 Å². The van der Waals surface area contributed by atoms with Gasteiger partial charge in [-0.1, -0.05) is 51.8 Å². The fraction of sp³-hybridized carbons (Fsp3) is 0.133. The molecule has 2 aromatic rings. The Balaban J connectivity index is 1.94. The fourth-order valence-electron chi connectivity index (χ4n) is 1.70. The van der Waals surface area contributed by atoms with Gasteiger partial charge < -0.3 is 10.5 Å². The Kier molecular flexibility index (Phi) is 5.04. The van der Waals surface area contributed by atoms with Crippen molar-refractivity contribution in [2.75, 3.05) is 5.73 Å². The van der Waals surface area contributed by atoms with Gasteiger partial charge in [-0.3, -0.25) is 4.79 Å². The van der Waals surface area contributed by atoms with Crippen LogP contribution in [0.4, 0.5) is 5.69 Å². The van der Waals surface area contributed by atoms with Gasteiger partial charge in [-0.05, 0) is 23.8 Å². The molecule has 0 aliphatic rings. The Morgan fingerprint density at radius 3 is 2.65 bits per heavy atom. The summed E-state index contributed by atoms with van der Waals surface area (Å²) in [5.74, 6) is -0.332. The largest absolute Gasteiger partial charge is 0.460 e. The molecule has 3 nitrogen and oxygen atoms in total. The number of carbonyl (C=O) groups is 1. The number of benzene rings is 2.